The maximum Gasteiger partial charge on any atom is 1.00 e. The molecule has 419 valence electrons. The van der Waals surface area contributed by atoms with Crippen LogP contribution in [0.15, 0.2) is 48.5 Å². The number of ether oxygens (including phenoxy) is 2. The van der Waals surface area contributed by atoms with Gasteiger partial charge in [-0.3, -0.25) is 14.4 Å². The van der Waals surface area contributed by atoms with Crippen molar-refractivity contribution in [3.05, 3.63) is 70.8 Å². The number of amides is 4. The van der Waals surface area contributed by atoms with Crippen LogP contribution in [0.1, 0.15) is 161 Å². The third kappa shape index (κ3) is 20.0. The smallest absolute Gasteiger partial charge is 0.793 e. The van der Waals surface area contributed by atoms with Crippen molar-refractivity contribution < 1.29 is 91.8 Å². The summed E-state index contributed by atoms with van der Waals surface area (Å²) in [6.07, 6.45) is 10.8. The Balaban J connectivity index is 0.000000288. The van der Waals surface area contributed by atoms with Gasteiger partial charge >= 0.3 is 53.7 Å². The van der Waals surface area contributed by atoms with Crippen molar-refractivity contribution >= 4 is 56.2 Å². The van der Waals surface area contributed by atoms with Gasteiger partial charge in [-0.2, -0.15) is 0 Å². The number of hydrogen-bond donors (Lipinski definition) is 3. The van der Waals surface area contributed by atoms with Crippen molar-refractivity contribution in [3.63, 3.8) is 0 Å². The van der Waals surface area contributed by atoms with E-state index in [9.17, 15) is 38.4 Å². The second kappa shape index (κ2) is 31.5. The molecule has 2 spiro atoms. The van der Waals surface area contributed by atoms with Gasteiger partial charge in [-0.05, 0) is 132 Å². The number of likely N-dealkylation sites (tertiary alicyclic amines) is 3. The molecule has 4 fully saturated rings. The fraction of sp³-hybridized carbons (Fsp3) is 0.643. The minimum absolute atomic E-state index is 0. The van der Waals surface area contributed by atoms with E-state index in [4.69, 9.17) is 9.47 Å². The minimum atomic E-state index is -0.639. The first-order chi connectivity index (χ1) is 36.1. The van der Waals surface area contributed by atoms with E-state index in [1.165, 1.54) is 42.0 Å². The van der Waals surface area contributed by atoms with Crippen LogP contribution >= 0.6 is 0 Å². The number of hydrogen-bond acceptors (Lipinski definition) is 15. The zero-order valence-corrected chi connectivity index (χ0v) is 49.4. The van der Waals surface area contributed by atoms with Crippen LogP contribution in [0.25, 0.3) is 0 Å². The van der Waals surface area contributed by atoms with Crippen molar-refractivity contribution in [1.29, 1.82) is 0 Å². The van der Waals surface area contributed by atoms with E-state index in [2.05, 4.69) is 98.8 Å². The molecule has 2 aromatic carbocycles. The predicted molar refractivity (Wildman–Crippen MR) is 285 cm³/mol. The van der Waals surface area contributed by atoms with Gasteiger partial charge in [0.15, 0.2) is 0 Å². The fourth-order valence-corrected chi connectivity index (χ4v) is 11.3. The second-order valence-electron chi connectivity index (χ2n) is 21.4. The zero-order valence-electron chi connectivity index (χ0n) is 47.4. The normalized spacial score (nSPS) is 20.6. The number of carbonyl (C=O) groups is 8. The molecule has 0 bridgehead atoms. The second-order valence-corrected chi connectivity index (χ2v) is 21.4. The molecule has 2 aliphatic carbocycles. The van der Waals surface area contributed by atoms with E-state index in [1.54, 1.807) is 25.7 Å². The Morgan fingerprint density at radius 3 is 1.36 bits per heavy atom. The van der Waals surface area contributed by atoms with Crippen LogP contribution in [0.3, 0.4) is 0 Å². The third-order valence-corrected chi connectivity index (χ3v) is 15.4. The molecule has 6 aliphatic rings. The first-order valence-electron chi connectivity index (χ1n) is 26.8. The van der Waals surface area contributed by atoms with E-state index < -0.39 is 17.9 Å². The molecule has 21 heteroatoms. The first kappa shape index (κ1) is 66.3. The topological polar surface area (TPSA) is 229 Å². The van der Waals surface area contributed by atoms with Crippen LogP contribution < -0.4 is 45.5 Å². The number of piperidine rings is 4. The quantitative estimate of drug-likeness (QED) is 0.155. The van der Waals surface area contributed by atoms with Crippen molar-refractivity contribution in [1.82, 2.24) is 30.7 Å². The van der Waals surface area contributed by atoms with Crippen molar-refractivity contribution in [2.24, 2.45) is 10.8 Å². The van der Waals surface area contributed by atoms with Crippen LogP contribution in [0, 0.1) is 10.8 Å². The number of nitrogens with one attached hydrogen (secondary N) is 3. The van der Waals surface area contributed by atoms with Gasteiger partial charge in [0, 0.05) is 83.6 Å². The molecule has 4 heterocycles. The molecule has 0 unspecified atom stereocenters. The van der Waals surface area contributed by atoms with Crippen molar-refractivity contribution in [2.45, 2.75) is 149 Å². The van der Waals surface area contributed by atoms with Crippen LogP contribution in [0.4, 0.5) is 9.59 Å². The number of benzene rings is 2. The Kier molecular flexibility index (Phi) is 27.1. The monoisotopic (exact) mass is 1080 g/mol. The average Bonchev–Trinajstić information content (AvgIpc) is 3.90. The van der Waals surface area contributed by atoms with Crippen molar-refractivity contribution in [2.75, 3.05) is 72.1 Å². The molecule has 3 N–H and O–H groups in total. The summed E-state index contributed by atoms with van der Waals surface area (Å²) < 4.78 is 13.7. The molecule has 4 saturated heterocycles. The van der Waals surface area contributed by atoms with Gasteiger partial charge in [-0.1, -0.05) is 62.4 Å². The number of rotatable bonds is 7. The summed E-state index contributed by atoms with van der Waals surface area (Å²) >= 11 is 0. The molecule has 4 aliphatic heterocycles. The van der Waals surface area contributed by atoms with Crippen LogP contribution in [0.2, 0.25) is 0 Å². The summed E-state index contributed by atoms with van der Waals surface area (Å²) in [4.78, 5) is 100. The summed E-state index contributed by atoms with van der Waals surface area (Å²) in [5, 5.41) is 9.72. The largest absolute Gasteiger partial charge is 1.00 e. The number of nitrogens with zero attached hydrogens (tertiary/aromatic N) is 3. The summed E-state index contributed by atoms with van der Waals surface area (Å²) in [6.45, 7) is 23.8. The molecule has 77 heavy (non-hydrogen) atoms. The molecule has 3 radical (unpaired) electrons. The van der Waals surface area contributed by atoms with Gasteiger partial charge in [-0.25, -0.2) is 29.0 Å². The van der Waals surface area contributed by atoms with Gasteiger partial charge in [0.25, 0.3) is 0 Å². The fourth-order valence-electron chi connectivity index (χ4n) is 11.3. The molecule has 4 amide bonds. The number of aldehydes is 1. The summed E-state index contributed by atoms with van der Waals surface area (Å²) in [7, 11) is 4.32. The van der Waals surface area contributed by atoms with Gasteiger partial charge in [0.1, 0.15) is 6.29 Å². The van der Waals surface area contributed by atoms with E-state index in [0.717, 1.165) is 117 Å². The van der Waals surface area contributed by atoms with E-state index in [0.29, 0.717) is 26.3 Å². The zero-order chi connectivity index (χ0) is 56.1. The maximum atomic E-state index is 12.0. The molecule has 0 aromatic heterocycles. The third-order valence-electron chi connectivity index (χ3n) is 15.4. The van der Waals surface area contributed by atoms with Gasteiger partial charge in [0.05, 0.1) is 25.3 Å². The molecule has 8 rings (SSSR count). The van der Waals surface area contributed by atoms with Gasteiger partial charge < -0.3 is 57.6 Å². The van der Waals surface area contributed by atoms with Crippen LogP contribution in [-0.4, -0.2) is 143 Å². The van der Waals surface area contributed by atoms with E-state index in [1.807, 2.05) is 18.7 Å². The summed E-state index contributed by atoms with van der Waals surface area (Å²) in [5.74, 6) is -1.62. The molecular weight excluding hydrogens is 998 g/mol. The number of fused-ring (bicyclic) bond motifs is 4. The summed E-state index contributed by atoms with van der Waals surface area (Å²) in [5.41, 5.74) is 6.03. The minimum Gasteiger partial charge on any atom is -0.793 e. The predicted octanol–water partition coefficient (Wildman–Crippen LogP) is 3.86. The standard InChI is InChI=1S/C25H37N3O3.C15H20N2O.C10H17NO3.C4H6O4.C2H3BO2.Na/c1-4-31-23(30)28-15-9-24(3,10-16-28)18-27-13-11-25(12-14-27)17-22(26-19(2)29)20-7-5-6-8-21(20)25;1-11(18)17-14-10-15(6-8-16-9-7-15)13-5-3-2-4-12(13)14;1-3-14-9(13)11-6-4-10(2,8-12)5-7-11;1-3(5)7-8-4(2)6;1-2(4)5-3;/h5-8,22H,4,9-18H2,1-3H3,(H,26,29);2-5,14,16H,6-10H2,1H3,(H,17,18);8H,3-7H2,1-2H3;1-2H3;1H3;/q;;;;-1;+1/t22-;14-;;;;/m00..../s1. The Morgan fingerprint density at radius 2 is 1.00 bits per heavy atom. The average molecular weight is 1080 g/mol. The molecule has 2 aromatic rings. The van der Waals surface area contributed by atoms with Gasteiger partial charge in [-0.15, -0.1) is 0 Å². The summed E-state index contributed by atoms with van der Waals surface area (Å²) in [6, 6.07) is 17.7. The van der Waals surface area contributed by atoms with Crippen molar-refractivity contribution in [3.8, 4) is 0 Å². The molecule has 19 nitrogen and oxygen atoms in total. The van der Waals surface area contributed by atoms with Crippen LogP contribution in [-0.2, 0) is 63.5 Å². The molecule has 0 saturated carbocycles. The van der Waals surface area contributed by atoms with Crippen LogP contribution in [0.5, 0.6) is 0 Å². The molecule has 2 atom stereocenters. The Hall–Kier alpha value is -5.02. The van der Waals surface area contributed by atoms with E-state index in [-0.39, 0.29) is 87.3 Å². The van der Waals surface area contributed by atoms with Gasteiger partial charge in [0.2, 0.25) is 17.8 Å². The van der Waals surface area contributed by atoms with E-state index >= 15 is 0 Å². The number of carbonyl (C=O) groups excluding carboxylic acids is 8. The Morgan fingerprint density at radius 1 is 0.610 bits per heavy atom. The maximum absolute atomic E-state index is 12.0. The Labute approximate surface area is 479 Å². The molecular formula is C56H83BN6NaO13. The Bertz CT molecular complexity index is 2260. The first-order valence-corrected chi connectivity index (χ1v) is 26.8. The SMILES string of the molecule is CC(=O)N[C@H]1CC2(CCNCC2)c2ccccc21.CC(=O)OOC(C)=O.CCOC(=O)N1CCC(C)(C=O)CC1.CCOC(=O)N1CCC(C)(CN2CCC3(CC2)C[C@H](NC(C)=O)c2ccccc23)CC1.[B-]OC(C)=O.[Na+].